The molecule has 14 heavy (non-hydrogen) atoms. The van der Waals surface area contributed by atoms with Gasteiger partial charge in [0.25, 0.3) is 0 Å². The van der Waals surface area contributed by atoms with Crippen molar-refractivity contribution >= 4 is 9.84 Å². The van der Waals surface area contributed by atoms with Gasteiger partial charge in [0.05, 0.1) is 11.4 Å². The van der Waals surface area contributed by atoms with Gasteiger partial charge in [-0.25, -0.2) is 8.42 Å². The van der Waals surface area contributed by atoms with E-state index in [0.717, 1.165) is 6.42 Å². The highest BCUT2D eigenvalue weighted by atomic mass is 32.2. The Morgan fingerprint density at radius 3 is 2.29 bits per heavy atom. The van der Waals surface area contributed by atoms with Gasteiger partial charge in [0.1, 0.15) is 0 Å². The van der Waals surface area contributed by atoms with Gasteiger partial charge in [0.2, 0.25) is 0 Å². The summed E-state index contributed by atoms with van der Waals surface area (Å²) in [5.74, 6) is 0. The molecule has 0 radical (unpaired) electrons. The molecule has 86 valence electrons. The first-order chi connectivity index (χ1) is 6.23. The molecule has 1 atom stereocenters. The van der Waals surface area contributed by atoms with Crippen LogP contribution in [-0.2, 0) is 14.6 Å². The Kier molecular flexibility index (Phi) is 5.05. The predicted molar refractivity (Wildman–Crippen MR) is 58.0 cm³/mol. The Labute approximate surface area is 86.7 Å². The van der Waals surface area contributed by atoms with Gasteiger partial charge in [-0.2, -0.15) is 0 Å². The second-order valence-corrected chi connectivity index (χ2v) is 6.65. The van der Waals surface area contributed by atoms with Crippen LogP contribution in [0.15, 0.2) is 0 Å². The van der Waals surface area contributed by atoms with Crippen LogP contribution in [0.25, 0.3) is 0 Å². The van der Waals surface area contributed by atoms with Crippen LogP contribution in [0.4, 0.5) is 0 Å². The summed E-state index contributed by atoms with van der Waals surface area (Å²) in [5, 5.41) is 0. The monoisotopic (exact) mass is 223 g/mol. The van der Waals surface area contributed by atoms with Crippen molar-refractivity contribution in [2.24, 2.45) is 5.73 Å². The molecular weight excluding hydrogens is 202 g/mol. The highest BCUT2D eigenvalue weighted by Gasteiger charge is 2.36. The molecule has 0 amide bonds. The van der Waals surface area contributed by atoms with E-state index in [-0.39, 0.29) is 6.61 Å². The summed E-state index contributed by atoms with van der Waals surface area (Å²) in [5.41, 5.74) is 5.77. The van der Waals surface area contributed by atoms with Gasteiger partial charge in [0, 0.05) is 18.9 Å². The average Bonchev–Trinajstić information content (AvgIpc) is 2.02. The molecular formula is C9H21NO3S. The zero-order valence-corrected chi connectivity index (χ0v) is 10.2. The van der Waals surface area contributed by atoms with E-state index in [4.69, 9.17) is 10.5 Å². The lowest BCUT2D eigenvalue weighted by Crippen LogP contribution is -2.51. The van der Waals surface area contributed by atoms with Crippen LogP contribution in [0.3, 0.4) is 0 Å². The molecule has 0 aromatic rings. The van der Waals surface area contributed by atoms with Crippen LogP contribution in [-0.4, -0.2) is 38.7 Å². The number of sulfone groups is 1. The maximum Gasteiger partial charge on any atom is 0.154 e. The Balaban J connectivity index is 4.30. The van der Waals surface area contributed by atoms with Crippen molar-refractivity contribution in [3.8, 4) is 0 Å². The van der Waals surface area contributed by atoms with Gasteiger partial charge in [-0.15, -0.1) is 0 Å². The molecule has 0 saturated carbocycles. The molecule has 0 aliphatic heterocycles. The van der Waals surface area contributed by atoms with Gasteiger partial charge in [-0.05, 0) is 20.3 Å². The number of hydrogen-bond donors (Lipinski definition) is 1. The smallest absolute Gasteiger partial charge is 0.154 e. The third-order valence-corrected chi connectivity index (χ3v) is 4.71. The van der Waals surface area contributed by atoms with E-state index in [1.54, 1.807) is 13.8 Å². The quantitative estimate of drug-likeness (QED) is 0.668. The highest BCUT2D eigenvalue weighted by molar-refractivity contribution is 7.92. The molecule has 5 heteroatoms. The molecule has 0 saturated heterocycles. The summed E-state index contributed by atoms with van der Waals surface area (Å²) < 4.78 is 27.1. The first kappa shape index (κ1) is 13.9. The van der Waals surface area contributed by atoms with Crippen molar-refractivity contribution in [3.63, 3.8) is 0 Å². The minimum absolute atomic E-state index is 0.286. The van der Waals surface area contributed by atoms with Crippen molar-refractivity contribution in [3.05, 3.63) is 0 Å². The van der Waals surface area contributed by atoms with Crippen LogP contribution in [0.2, 0.25) is 0 Å². The second-order valence-electron chi connectivity index (χ2n) is 4.06. The maximum absolute atomic E-state index is 11.4. The van der Waals surface area contributed by atoms with E-state index in [1.165, 1.54) is 6.26 Å². The van der Waals surface area contributed by atoms with E-state index >= 15 is 0 Å². The van der Waals surface area contributed by atoms with Crippen LogP contribution < -0.4 is 5.73 Å². The van der Waals surface area contributed by atoms with Crippen LogP contribution in [0, 0.1) is 0 Å². The first-order valence-electron chi connectivity index (χ1n) is 4.76. The molecule has 0 aliphatic rings. The fourth-order valence-electron chi connectivity index (χ4n) is 0.830. The molecule has 0 bridgehead atoms. The lowest BCUT2D eigenvalue weighted by atomic mass is 10.1. The summed E-state index contributed by atoms with van der Waals surface area (Å²) in [6, 6.07) is -0.482. The molecule has 0 fully saturated rings. The van der Waals surface area contributed by atoms with Crippen LogP contribution >= 0.6 is 0 Å². The van der Waals surface area contributed by atoms with Crippen molar-refractivity contribution in [1.82, 2.24) is 0 Å². The van der Waals surface area contributed by atoms with E-state index in [9.17, 15) is 8.42 Å². The summed E-state index contributed by atoms with van der Waals surface area (Å²) >= 11 is 0. The molecule has 0 rings (SSSR count). The van der Waals surface area contributed by atoms with Gasteiger partial charge >= 0.3 is 0 Å². The fourth-order valence-corrected chi connectivity index (χ4v) is 1.45. The molecule has 0 heterocycles. The van der Waals surface area contributed by atoms with Crippen molar-refractivity contribution < 1.29 is 13.2 Å². The summed E-state index contributed by atoms with van der Waals surface area (Å²) in [7, 11) is -3.14. The largest absolute Gasteiger partial charge is 0.380 e. The molecule has 1 unspecified atom stereocenters. The average molecular weight is 223 g/mol. The van der Waals surface area contributed by atoms with E-state index in [1.807, 2.05) is 6.92 Å². The van der Waals surface area contributed by atoms with Crippen molar-refractivity contribution in [2.75, 3.05) is 19.5 Å². The zero-order chi connectivity index (χ0) is 11.4. The van der Waals surface area contributed by atoms with Gasteiger partial charge in [-0.3, -0.25) is 0 Å². The summed E-state index contributed by atoms with van der Waals surface area (Å²) in [6.07, 6.45) is 2.11. The fraction of sp³-hybridized carbons (Fsp3) is 1.00. The highest BCUT2D eigenvalue weighted by Crippen LogP contribution is 2.18. The molecule has 0 aliphatic carbocycles. The standard InChI is InChI=1S/C9H21NO3S/c1-5-6-13-7-8(10)9(2,3)14(4,11)12/h8H,5-7,10H2,1-4H3. The van der Waals surface area contributed by atoms with Crippen molar-refractivity contribution in [1.29, 1.82) is 0 Å². The number of rotatable bonds is 6. The number of nitrogens with two attached hydrogens (primary N) is 1. The van der Waals surface area contributed by atoms with Crippen LogP contribution in [0.1, 0.15) is 27.2 Å². The van der Waals surface area contributed by atoms with E-state index < -0.39 is 20.6 Å². The Hall–Kier alpha value is -0.130. The maximum atomic E-state index is 11.4. The van der Waals surface area contributed by atoms with E-state index in [0.29, 0.717) is 6.61 Å². The van der Waals surface area contributed by atoms with E-state index in [2.05, 4.69) is 0 Å². The van der Waals surface area contributed by atoms with Crippen molar-refractivity contribution in [2.45, 2.75) is 38.0 Å². The molecule has 0 aromatic heterocycles. The second kappa shape index (κ2) is 5.09. The third-order valence-electron chi connectivity index (χ3n) is 2.49. The summed E-state index contributed by atoms with van der Waals surface area (Å²) in [4.78, 5) is 0. The minimum Gasteiger partial charge on any atom is -0.380 e. The zero-order valence-electron chi connectivity index (χ0n) is 9.41. The Bertz CT molecular complexity index is 259. The minimum atomic E-state index is -3.14. The first-order valence-corrected chi connectivity index (χ1v) is 6.65. The Morgan fingerprint density at radius 2 is 1.93 bits per heavy atom. The topological polar surface area (TPSA) is 69.4 Å². The molecule has 0 spiro atoms. The SMILES string of the molecule is CCCOCC(N)C(C)(C)S(C)(=O)=O. The molecule has 4 nitrogen and oxygen atoms in total. The molecule has 2 N–H and O–H groups in total. The number of hydrogen-bond acceptors (Lipinski definition) is 4. The third kappa shape index (κ3) is 3.55. The lowest BCUT2D eigenvalue weighted by molar-refractivity contribution is 0.113. The van der Waals surface area contributed by atoms with Gasteiger partial charge < -0.3 is 10.5 Å². The van der Waals surface area contributed by atoms with Gasteiger partial charge in [0.15, 0.2) is 9.84 Å². The van der Waals surface area contributed by atoms with Crippen LogP contribution in [0.5, 0.6) is 0 Å². The lowest BCUT2D eigenvalue weighted by Gasteiger charge is -2.29. The Morgan fingerprint density at radius 1 is 1.43 bits per heavy atom. The molecule has 0 aromatic carbocycles. The summed E-state index contributed by atoms with van der Waals surface area (Å²) in [6.45, 7) is 6.15. The predicted octanol–water partition coefficient (Wildman–Crippen LogP) is 0.563. The normalized spacial score (nSPS) is 15.5. The van der Waals surface area contributed by atoms with Gasteiger partial charge in [-0.1, -0.05) is 6.92 Å². The number of ether oxygens (including phenoxy) is 1.